The van der Waals surface area contributed by atoms with Crippen LogP contribution in [0.3, 0.4) is 0 Å². The fourth-order valence-electron chi connectivity index (χ4n) is 2.60. The Morgan fingerprint density at radius 3 is 1.64 bits per heavy atom. The molecule has 2 rings (SSSR count). The van der Waals surface area contributed by atoms with Crippen LogP contribution in [0.25, 0.3) is 0 Å². The van der Waals surface area contributed by atoms with Gasteiger partial charge in [-0.1, -0.05) is 49.5 Å². The number of alkyl halides is 3. The van der Waals surface area contributed by atoms with Crippen LogP contribution < -0.4 is 0 Å². The molecule has 3 heteroatoms. The van der Waals surface area contributed by atoms with Crippen LogP contribution in [-0.2, 0) is 12.8 Å². The van der Waals surface area contributed by atoms with Crippen molar-refractivity contribution in [3.63, 3.8) is 0 Å². The molecule has 0 saturated carbocycles. The molecule has 0 bridgehead atoms. The van der Waals surface area contributed by atoms with Crippen LogP contribution in [-0.4, -0.2) is 6.18 Å². The topological polar surface area (TPSA) is 0 Å². The summed E-state index contributed by atoms with van der Waals surface area (Å²) in [5.41, 5.74) is 4.27. The van der Waals surface area contributed by atoms with Crippen molar-refractivity contribution in [1.82, 2.24) is 0 Å². The first-order chi connectivity index (χ1) is 12.0. The molecule has 0 saturated heterocycles. The maximum Gasteiger partial charge on any atom is 0.389 e. The van der Waals surface area contributed by atoms with Gasteiger partial charge in [-0.15, -0.1) is 0 Å². The zero-order chi connectivity index (χ0) is 18.1. The summed E-state index contributed by atoms with van der Waals surface area (Å²) in [4.78, 5) is 0. The van der Waals surface area contributed by atoms with Crippen LogP contribution >= 0.6 is 0 Å². The number of hydrogen-bond acceptors (Lipinski definition) is 0. The minimum Gasteiger partial charge on any atom is -0.171 e. The number of unbranched alkanes of at least 4 members (excludes halogenated alkanes) is 1. The van der Waals surface area contributed by atoms with Crippen molar-refractivity contribution < 1.29 is 13.2 Å². The van der Waals surface area contributed by atoms with Crippen LogP contribution in [0.2, 0.25) is 0 Å². The molecule has 0 N–H and O–H groups in total. The predicted octanol–water partition coefficient (Wildman–Crippen LogP) is 6.31. The largest absolute Gasteiger partial charge is 0.389 e. The monoisotopic (exact) mass is 344 g/mol. The maximum absolute atomic E-state index is 12.1. The molecule has 132 valence electrons. The van der Waals surface area contributed by atoms with Crippen molar-refractivity contribution in [3.8, 4) is 11.8 Å². The van der Waals surface area contributed by atoms with E-state index >= 15 is 0 Å². The van der Waals surface area contributed by atoms with E-state index < -0.39 is 12.6 Å². The van der Waals surface area contributed by atoms with Gasteiger partial charge in [0.15, 0.2) is 0 Å². The second-order valence-corrected chi connectivity index (χ2v) is 6.22. The summed E-state index contributed by atoms with van der Waals surface area (Å²) in [6, 6.07) is 16.0. The van der Waals surface area contributed by atoms with Gasteiger partial charge in [-0.05, 0) is 61.1 Å². The molecule has 25 heavy (non-hydrogen) atoms. The fraction of sp³-hybridized carbons (Fsp3) is 0.364. The van der Waals surface area contributed by atoms with Crippen molar-refractivity contribution in [3.05, 3.63) is 70.8 Å². The molecule has 0 atom stereocenters. The lowest BCUT2D eigenvalue weighted by Crippen LogP contribution is -2.06. The van der Waals surface area contributed by atoms with Gasteiger partial charge in [0, 0.05) is 17.5 Å². The summed E-state index contributed by atoms with van der Waals surface area (Å²) >= 11 is 0. The Hall–Kier alpha value is -2.21. The molecule has 0 unspecified atom stereocenters. The Bertz CT molecular complexity index is 698. The molecule has 0 radical (unpaired) electrons. The first kappa shape index (κ1) is 19.1. The molecule has 0 heterocycles. The molecule has 0 aromatic heterocycles. The molecule has 0 amide bonds. The maximum atomic E-state index is 12.1. The number of rotatable bonds is 6. The van der Waals surface area contributed by atoms with E-state index in [9.17, 15) is 13.2 Å². The van der Waals surface area contributed by atoms with Gasteiger partial charge in [-0.2, -0.15) is 13.2 Å². The van der Waals surface area contributed by atoms with Crippen LogP contribution in [0.15, 0.2) is 48.5 Å². The van der Waals surface area contributed by atoms with Gasteiger partial charge in [0.2, 0.25) is 0 Å². The van der Waals surface area contributed by atoms with Crippen LogP contribution in [0, 0.1) is 11.8 Å². The summed E-state index contributed by atoms with van der Waals surface area (Å²) in [5.74, 6) is 6.27. The smallest absolute Gasteiger partial charge is 0.171 e. The molecule has 0 aliphatic rings. The highest BCUT2D eigenvalue weighted by molar-refractivity contribution is 5.44. The lowest BCUT2D eigenvalue weighted by atomic mass is 10.0. The summed E-state index contributed by atoms with van der Waals surface area (Å²) in [6.07, 6.45) is -1.13. The highest BCUT2D eigenvalue weighted by Gasteiger charge is 2.25. The summed E-state index contributed by atoms with van der Waals surface area (Å²) in [7, 11) is 0. The number of hydrogen-bond donors (Lipinski definition) is 0. The van der Waals surface area contributed by atoms with E-state index in [2.05, 4.69) is 30.9 Å². The Kier molecular flexibility index (Phi) is 7.13. The van der Waals surface area contributed by atoms with Gasteiger partial charge >= 0.3 is 6.18 Å². The van der Waals surface area contributed by atoms with Crippen molar-refractivity contribution in [1.29, 1.82) is 0 Å². The molecule has 0 aliphatic heterocycles. The van der Waals surface area contributed by atoms with E-state index in [1.165, 1.54) is 5.56 Å². The van der Waals surface area contributed by atoms with Crippen LogP contribution in [0.4, 0.5) is 13.2 Å². The van der Waals surface area contributed by atoms with Crippen LogP contribution in [0.1, 0.15) is 54.9 Å². The van der Waals surface area contributed by atoms with Gasteiger partial charge < -0.3 is 0 Å². The van der Waals surface area contributed by atoms with Gasteiger partial charge in [0.05, 0.1) is 0 Å². The average molecular weight is 344 g/mol. The first-order valence-electron chi connectivity index (χ1n) is 8.73. The third-order valence-corrected chi connectivity index (χ3v) is 3.97. The first-order valence-corrected chi connectivity index (χ1v) is 8.73. The molecular weight excluding hydrogens is 321 g/mol. The second kappa shape index (κ2) is 9.32. The van der Waals surface area contributed by atoms with Gasteiger partial charge in [0.25, 0.3) is 0 Å². The van der Waals surface area contributed by atoms with E-state index in [1.807, 2.05) is 36.4 Å². The lowest BCUT2D eigenvalue weighted by Gasteiger charge is -2.05. The van der Waals surface area contributed by atoms with E-state index in [4.69, 9.17) is 0 Å². The quantitative estimate of drug-likeness (QED) is 0.425. The molecule has 0 spiro atoms. The Labute approximate surface area is 148 Å². The average Bonchev–Trinajstić information content (AvgIpc) is 2.59. The summed E-state index contributed by atoms with van der Waals surface area (Å²) in [6.45, 7) is 2.16. The normalized spacial score (nSPS) is 11.0. The van der Waals surface area contributed by atoms with E-state index in [-0.39, 0.29) is 6.42 Å². The number of halogens is 3. The van der Waals surface area contributed by atoms with Crippen molar-refractivity contribution >= 4 is 0 Å². The highest BCUT2D eigenvalue weighted by atomic mass is 19.4. The molecule has 0 nitrogen and oxygen atoms in total. The predicted molar refractivity (Wildman–Crippen MR) is 96.5 cm³/mol. The SMILES string of the molecule is CCCc1ccc(C#Cc2ccc(CCCCC(F)(F)F)cc2)cc1. The lowest BCUT2D eigenvalue weighted by molar-refractivity contribution is -0.135. The van der Waals surface area contributed by atoms with Gasteiger partial charge in [-0.25, -0.2) is 0 Å². The number of benzene rings is 2. The molecular formula is C22H23F3. The minimum absolute atomic E-state index is 0.180. The van der Waals surface area contributed by atoms with Crippen molar-refractivity contribution in [2.45, 2.75) is 51.6 Å². The highest BCUT2D eigenvalue weighted by Crippen LogP contribution is 2.22. The van der Waals surface area contributed by atoms with Crippen LogP contribution in [0.5, 0.6) is 0 Å². The second-order valence-electron chi connectivity index (χ2n) is 6.22. The molecule has 2 aromatic carbocycles. The zero-order valence-electron chi connectivity index (χ0n) is 14.5. The Morgan fingerprint density at radius 2 is 1.20 bits per heavy atom. The Balaban J connectivity index is 1.86. The van der Waals surface area contributed by atoms with E-state index in [0.717, 1.165) is 29.5 Å². The summed E-state index contributed by atoms with van der Waals surface area (Å²) < 4.78 is 36.3. The Morgan fingerprint density at radius 1 is 0.720 bits per heavy atom. The van der Waals surface area contributed by atoms with Gasteiger partial charge in [0.1, 0.15) is 0 Å². The minimum atomic E-state index is -4.05. The van der Waals surface area contributed by atoms with Crippen molar-refractivity contribution in [2.75, 3.05) is 0 Å². The van der Waals surface area contributed by atoms with Gasteiger partial charge in [-0.3, -0.25) is 0 Å². The zero-order valence-corrected chi connectivity index (χ0v) is 14.5. The fourth-order valence-corrected chi connectivity index (χ4v) is 2.60. The molecule has 0 aliphatic carbocycles. The third kappa shape index (κ3) is 7.47. The number of aryl methyl sites for hydroxylation is 2. The van der Waals surface area contributed by atoms with Crippen molar-refractivity contribution in [2.24, 2.45) is 0 Å². The third-order valence-electron chi connectivity index (χ3n) is 3.97. The van der Waals surface area contributed by atoms with E-state index in [0.29, 0.717) is 12.8 Å². The standard InChI is InChI=1S/C22H23F3/c1-2-5-18-7-11-20(12-8-18)15-16-21-13-9-19(10-14-21)6-3-4-17-22(23,24)25/h7-14H,2-6,17H2,1H3. The molecule has 2 aromatic rings. The van der Waals surface area contributed by atoms with E-state index in [1.54, 1.807) is 0 Å². The molecule has 0 fully saturated rings. The summed E-state index contributed by atoms with van der Waals surface area (Å²) in [5, 5.41) is 0.